The molecule has 0 fully saturated rings. The van der Waals surface area contributed by atoms with Gasteiger partial charge < -0.3 is 9.73 Å². The van der Waals surface area contributed by atoms with Gasteiger partial charge in [0.05, 0.1) is 6.20 Å². The van der Waals surface area contributed by atoms with E-state index in [9.17, 15) is 0 Å². The van der Waals surface area contributed by atoms with Gasteiger partial charge >= 0.3 is 0 Å². The van der Waals surface area contributed by atoms with Crippen LogP contribution in [0.2, 0.25) is 0 Å². The molecule has 1 heterocycles. The van der Waals surface area contributed by atoms with Crippen LogP contribution in [0.3, 0.4) is 0 Å². The third kappa shape index (κ3) is 5.38. The van der Waals surface area contributed by atoms with Crippen LogP contribution in [0.25, 0.3) is 11.3 Å². The number of aromatic nitrogens is 1. The fourth-order valence-corrected chi connectivity index (χ4v) is 2.93. The second-order valence-electron chi connectivity index (χ2n) is 5.44. The molecule has 0 saturated carbocycles. The maximum Gasteiger partial charge on any atom is 0.194 e. The van der Waals surface area contributed by atoms with Crippen molar-refractivity contribution >= 4 is 38.5 Å². The lowest BCUT2D eigenvalue weighted by atomic mass is 10.2. The summed E-state index contributed by atoms with van der Waals surface area (Å²) in [6, 6.07) is 6.19. The van der Waals surface area contributed by atoms with Crippen molar-refractivity contribution in [2.45, 2.75) is 26.7 Å². The third-order valence-electron chi connectivity index (χ3n) is 3.04. The molecule has 0 aliphatic carbocycles. The first-order valence-corrected chi connectivity index (χ1v) is 9.04. The Balaban J connectivity index is 1.91. The largest absolute Gasteiger partial charge is 0.441 e. The Bertz CT molecular complexity index is 583. The van der Waals surface area contributed by atoms with Gasteiger partial charge in [0, 0.05) is 20.0 Å². The molecule has 114 valence electrons. The number of hydrogen-bond acceptors (Lipinski definition) is 3. The van der Waals surface area contributed by atoms with Gasteiger partial charge in [-0.25, -0.2) is 4.98 Å². The van der Waals surface area contributed by atoms with Gasteiger partial charge in [-0.2, -0.15) is 0 Å². The molecule has 1 aromatic carbocycles. The fourth-order valence-electron chi connectivity index (χ4n) is 1.99. The van der Waals surface area contributed by atoms with Crippen LogP contribution in [-0.2, 0) is 6.42 Å². The average Bonchev–Trinajstić information content (AvgIpc) is 2.89. The van der Waals surface area contributed by atoms with Crippen LogP contribution in [0.1, 0.15) is 26.2 Å². The summed E-state index contributed by atoms with van der Waals surface area (Å²) in [7, 11) is 0. The minimum absolute atomic E-state index is 0.691. The molecule has 5 heteroatoms. The Morgan fingerprint density at radius 1 is 1.38 bits per heavy atom. The molecule has 0 aliphatic heterocycles. The van der Waals surface area contributed by atoms with E-state index in [-0.39, 0.29) is 0 Å². The van der Waals surface area contributed by atoms with Crippen molar-refractivity contribution in [1.82, 2.24) is 10.3 Å². The van der Waals surface area contributed by atoms with Crippen molar-refractivity contribution in [1.29, 1.82) is 0 Å². The van der Waals surface area contributed by atoms with E-state index >= 15 is 0 Å². The van der Waals surface area contributed by atoms with Gasteiger partial charge in [-0.05, 0) is 66.2 Å². The van der Waals surface area contributed by atoms with Crippen molar-refractivity contribution < 1.29 is 4.42 Å². The molecule has 0 spiro atoms. The summed E-state index contributed by atoms with van der Waals surface area (Å²) in [4.78, 5) is 4.38. The molecule has 0 amide bonds. The lowest BCUT2D eigenvalue weighted by molar-refractivity contribution is 0.483. The van der Waals surface area contributed by atoms with Crippen LogP contribution in [0.4, 0.5) is 0 Å². The number of aryl methyl sites for hydroxylation is 1. The lowest BCUT2D eigenvalue weighted by Gasteiger charge is -2.05. The number of nitrogens with one attached hydrogen (secondary N) is 1. The average molecular weight is 463 g/mol. The van der Waals surface area contributed by atoms with Gasteiger partial charge in [-0.1, -0.05) is 29.8 Å². The summed E-state index contributed by atoms with van der Waals surface area (Å²) in [5, 5.41) is 3.43. The highest BCUT2D eigenvalue weighted by atomic mass is 127. The zero-order valence-corrected chi connectivity index (χ0v) is 16.1. The summed E-state index contributed by atoms with van der Waals surface area (Å²) in [6.45, 7) is 6.49. The molecule has 2 rings (SSSR count). The zero-order valence-electron chi connectivity index (χ0n) is 12.3. The fraction of sp³-hybridized carbons (Fsp3) is 0.438. The quantitative estimate of drug-likeness (QED) is 0.470. The zero-order chi connectivity index (χ0) is 15.2. The molecule has 0 unspecified atom stereocenters. The predicted octanol–water partition coefficient (Wildman–Crippen LogP) is 4.89. The predicted molar refractivity (Wildman–Crippen MR) is 98.4 cm³/mol. The smallest absolute Gasteiger partial charge is 0.194 e. The lowest BCUT2D eigenvalue weighted by Crippen LogP contribution is -2.21. The van der Waals surface area contributed by atoms with Gasteiger partial charge in [0.15, 0.2) is 11.7 Å². The maximum atomic E-state index is 5.86. The van der Waals surface area contributed by atoms with E-state index in [2.05, 4.69) is 74.8 Å². The molecule has 0 aliphatic rings. The Morgan fingerprint density at radius 2 is 2.19 bits per heavy atom. The minimum atomic E-state index is 0.691. The summed E-state index contributed by atoms with van der Waals surface area (Å²) in [6.07, 6.45) is 3.72. The van der Waals surface area contributed by atoms with Crippen molar-refractivity contribution in [3.05, 3.63) is 38.3 Å². The minimum Gasteiger partial charge on any atom is -0.441 e. The SMILES string of the molecule is CC(C)CNCCCc1ncc(-c2cc(I)ccc2Br)o1. The van der Waals surface area contributed by atoms with E-state index < -0.39 is 0 Å². The first-order chi connectivity index (χ1) is 10.1. The summed E-state index contributed by atoms with van der Waals surface area (Å²) < 4.78 is 8.07. The number of hydrogen-bond donors (Lipinski definition) is 1. The van der Waals surface area contributed by atoms with Crippen molar-refractivity contribution in [2.24, 2.45) is 5.92 Å². The summed E-state index contributed by atoms with van der Waals surface area (Å²) >= 11 is 5.86. The van der Waals surface area contributed by atoms with Crippen LogP contribution in [0.15, 0.2) is 33.3 Å². The number of halogens is 2. The van der Waals surface area contributed by atoms with Crippen molar-refractivity contribution in [3.8, 4) is 11.3 Å². The molecule has 0 radical (unpaired) electrons. The van der Waals surface area contributed by atoms with E-state index in [1.807, 2.05) is 12.3 Å². The van der Waals surface area contributed by atoms with Crippen LogP contribution in [0, 0.1) is 9.49 Å². The second-order valence-corrected chi connectivity index (χ2v) is 7.54. The molecule has 0 atom stereocenters. The Hall–Kier alpha value is -0.400. The second kappa shape index (κ2) is 8.29. The van der Waals surface area contributed by atoms with Gasteiger partial charge in [-0.3, -0.25) is 0 Å². The van der Waals surface area contributed by atoms with Crippen LogP contribution in [-0.4, -0.2) is 18.1 Å². The highest BCUT2D eigenvalue weighted by molar-refractivity contribution is 14.1. The van der Waals surface area contributed by atoms with E-state index in [1.54, 1.807) is 0 Å². The van der Waals surface area contributed by atoms with E-state index in [0.29, 0.717) is 5.92 Å². The van der Waals surface area contributed by atoms with Crippen LogP contribution >= 0.6 is 38.5 Å². The van der Waals surface area contributed by atoms with E-state index in [1.165, 1.54) is 3.57 Å². The molecule has 21 heavy (non-hydrogen) atoms. The van der Waals surface area contributed by atoms with Gasteiger partial charge in [-0.15, -0.1) is 0 Å². The normalized spacial score (nSPS) is 11.3. The Kier molecular flexibility index (Phi) is 6.70. The van der Waals surface area contributed by atoms with Crippen molar-refractivity contribution in [2.75, 3.05) is 13.1 Å². The monoisotopic (exact) mass is 462 g/mol. The molecule has 1 aromatic heterocycles. The van der Waals surface area contributed by atoms with Crippen LogP contribution < -0.4 is 5.32 Å². The molecule has 0 bridgehead atoms. The third-order valence-corrected chi connectivity index (χ3v) is 4.41. The van der Waals surface area contributed by atoms with Gasteiger partial charge in [0.25, 0.3) is 0 Å². The first kappa shape index (κ1) is 17.0. The molecule has 3 nitrogen and oxygen atoms in total. The molecule has 0 saturated heterocycles. The molecular weight excluding hydrogens is 443 g/mol. The summed E-state index contributed by atoms with van der Waals surface area (Å²) in [5.74, 6) is 2.32. The van der Waals surface area contributed by atoms with Gasteiger partial charge in [0.1, 0.15) is 0 Å². The maximum absolute atomic E-state index is 5.86. The Labute approximate surface area is 148 Å². The Morgan fingerprint density at radius 3 is 2.95 bits per heavy atom. The number of nitrogens with zero attached hydrogens (tertiary/aromatic N) is 1. The van der Waals surface area contributed by atoms with Crippen molar-refractivity contribution in [3.63, 3.8) is 0 Å². The highest BCUT2D eigenvalue weighted by Gasteiger charge is 2.10. The standard InChI is InChI=1S/C16H20BrIN2O/c1-11(2)9-19-7-3-4-16-20-10-15(21-16)13-8-12(18)5-6-14(13)17/h5-6,8,10-11,19H,3-4,7,9H2,1-2H3. The first-order valence-electron chi connectivity index (χ1n) is 7.17. The highest BCUT2D eigenvalue weighted by Crippen LogP contribution is 2.30. The molecular formula is C16H20BrIN2O. The van der Waals surface area contributed by atoms with Gasteiger partial charge in [0.2, 0.25) is 0 Å². The number of oxazole rings is 1. The molecule has 1 N–H and O–H groups in total. The topological polar surface area (TPSA) is 38.1 Å². The van der Waals surface area contributed by atoms with Crippen LogP contribution in [0.5, 0.6) is 0 Å². The van der Waals surface area contributed by atoms with E-state index in [0.717, 1.165) is 47.6 Å². The number of rotatable bonds is 7. The summed E-state index contributed by atoms with van der Waals surface area (Å²) in [5.41, 5.74) is 1.05. The number of benzene rings is 1. The van der Waals surface area contributed by atoms with E-state index in [4.69, 9.17) is 4.42 Å². The molecule has 2 aromatic rings.